The molecule has 0 amide bonds. The van der Waals surface area contributed by atoms with Gasteiger partial charge in [0.25, 0.3) is 0 Å². The summed E-state index contributed by atoms with van der Waals surface area (Å²) >= 11 is 0. The Kier molecular flexibility index (Phi) is 3.75. The molecule has 4 nitrogen and oxygen atoms in total. The van der Waals surface area contributed by atoms with Gasteiger partial charge in [-0.25, -0.2) is 4.79 Å². The summed E-state index contributed by atoms with van der Waals surface area (Å²) in [5.41, 5.74) is 4.72. The number of hydrogen-bond donors (Lipinski definition) is 0. The van der Waals surface area contributed by atoms with Crippen LogP contribution in [-0.2, 0) is 4.74 Å². The molecule has 0 radical (unpaired) electrons. The molecule has 3 rings (SSSR count). The fourth-order valence-corrected chi connectivity index (χ4v) is 2.86. The molecule has 1 heterocycles. The van der Waals surface area contributed by atoms with Gasteiger partial charge in [0.2, 0.25) is 0 Å². The lowest BCUT2D eigenvalue weighted by Gasteiger charge is -2.35. The van der Waals surface area contributed by atoms with E-state index in [9.17, 15) is 4.79 Å². The highest BCUT2D eigenvalue weighted by Gasteiger charge is 2.26. The third kappa shape index (κ3) is 2.41. The summed E-state index contributed by atoms with van der Waals surface area (Å²) in [7, 11) is 2.07. The van der Waals surface area contributed by atoms with Crippen LogP contribution in [0.4, 0.5) is 10.5 Å². The quantitative estimate of drug-likeness (QED) is 0.608. The van der Waals surface area contributed by atoms with Crippen molar-refractivity contribution in [3.05, 3.63) is 48.0 Å². The van der Waals surface area contributed by atoms with Gasteiger partial charge in [0.05, 0.1) is 12.6 Å². The van der Waals surface area contributed by atoms with Crippen LogP contribution in [0.5, 0.6) is 5.75 Å². The molecule has 2 aromatic carbocycles. The highest BCUT2D eigenvalue weighted by Crippen LogP contribution is 2.44. The van der Waals surface area contributed by atoms with Crippen LogP contribution in [0, 0.1) is 0 Å². The molecule has 0 N–H and O–H groups in total. The largest absolute Gasteiger partial charge is 0.513 e. The van der Waals surface area contributed by atoms with Crippen LogP contribution in [0.15, 0.2) is 42.5 Å². The van der Waals surface area contributed by atoms with E-state index >= 15 is 0 Å². The molecule has 0 saturated heterocycles. The van der Waals surface area contributed by atoms with E-state index in [0.717, 1.165) is 5.56 Å². The average Bonchev–Trinajstić information content (AvgIpc) is 2.53. The van der Waals surface area contributed by atoms with Crippen LogP contribution >= 0.6 is 0 Å². The molecule has 4 heteroatoms. The van der Waals surface area contributed by atoms with Crippen LogP contribution in [-0.4, -0.2) is 19.8 Å². The number of benzene rings is 2. The number of carbonyl (C=O) groups is 1. The van der Waals surface area contributed by atoms with E-state index < -0.39 is 6.16 Å². The topological polar surface area (TPSA) is 38.8 Å². The van der Waals surface area contributed by atoms with E-state index in [1.54, 1.807) is 6.92 Å². The molecule has 0 fully saturated rings. The minimum atomic E-state index is -0.667. The van der Waals surface area contributed by atoms with Crippen molar-refractivity contribution < 1.29 is 14.3 Å². The Hall–Kier alpha value is -2.49. The van der Waals surface area contributed by atoms with Crippen molar-refractivity contribution in [2.45, 2.75) is 19.9 Å². The van der Waals surface area contributed by atoms with Crippen molar-refractivity contribution in [3.8, 4) is 16.9 Å². The second kappa shape index (κ2) is 5.72. The first-order valence-corrected chi connectivity index (χ1v) is 7.42. The number of ether oxygens (including phenoxy) is 2. The van der Waals surface area contributed by atoms with Crippen LogP contribution in [0.3, 0.4) is 0 Å². The van der Waals surface area contributed by atoms with E-state index in [2.05, 4.69) is 31.0 Å². The summed E-state index contributed by atoms with van der Waals surface area (Å²) in [5, 5.41) is 0. The van der Waals surface area contributed by atoms with Gasteiger partial charge in [0.1, 0.15) is 5.75 Å². The lowest BCUT2D eigenvalue weighted by molar-refractivity contribution is 0.104. The summed E-state index contributed by atoms with van der Waals surface area (Å²) in [6.45, 7) is 4.20. The van der Waals surface area contributed by atoms with Gasteiger partial charge < -0.3 is 14.4 Å². The highest BCUT2D eigenvalue weighted by atomic mass is 16.7. The fourth-order valence-electron chi connectivity index (χ4n) is 2.86. The molecule has 2 aromatic rings. The summed E-state index contributed by atoms with van der Waals surface area (Å²) < 4.78 is 10.0. The Morgan fingerprint density at radius 3 is 2.73 bits per heavy atom. The predicted octanol–water partition coefficient (Wildman–Crippen LogP) is 4.40. The standard InChI is InChI=1S/C18H19NO3/c1-4-21-18(20)22-13-9-10-14-15-7-5-6-8-17(15)19(3)12(2)16(14)11-13/h5-12H,4H2,1-3H3. The first-order valence-electron chi connectivity index (χ1n) is 7.42. The summed E-state index contributed by atoms with van der Waals surface area (Å²) in [6, 6.07) is 14.3. The van der Waals surface area contributed by atoms with Crippen molar-refractivity contribution in [2.75, 3.05) is 18.6 Å². The molecule has 22 heavy (non-hydrogen) atoms. The number of anilines is 1. The van der Waals surface area contributed by atoms with Crippen molar-refractivity contribution >= 4 is 11.8 Å². The van der Waals surface area contributed by atoms with E-state index in [0.29, 0.717) is 12.4 Å². The predicted molar refractivity (Wildman–Crippen MR) is 86.3 cm³/mol. The van der Waals surface area contributed by atoms with Crippen molar-refractivity contribution in [2.24, 2.45) is 0 Å². The monoisotopic (exact) mass is 297 g/mol. The Bertz CT molecular complexity index is 711. The van der Waals surface area contributed by atoms with Crippen molar-refractivity contribution in [1.82, 2.24) is 0 Å². The summed E-state index contributed by atoms with van der Waals surface area (Å²) in [4.78, 5) is 13.7. The number of rotatable bonds is 2. The van der Waals surface area contributed by atoms with E-state index in [-0.39, 0.29) is 6.04 Å². The molecule has 1 aliphatic heterocycles. The molecular weight excluding hydrogens is 278 g/mol. The normalized spacial score (nSPS) is 15.8. The van der Waals surface area contributed by atoms with E-state index in [1.165, 1.54) is 16.8 Å². The van der Waals surface area contributed by atoms with Gasteiger partial charge in [-0.2, -0.15) is 0 Å². The minimum Gasteiger partial charge on any atom is -0.434 e. The van der Waals surface area contributed by atoms with Crippen LogP contribution in [0.25, 0.3) is 11.1 Å². The zero-order valence-corrected chi connectivity index (χ0v) is 13.0. The zero-order chi connectivity index (χ0) is 15.7. The van der Waals surface area contributed by atoms with Gasteiger partial charge in [0.15, 0.2) is 0 Å². The molecule has 1 aliphatic rings. The number of para-hydroxylation sites is 1. The maximum absolute atomic E-state index is 11.5. The Labute approximate surface area is 130 Å². The second-order valence-electron chi connectivity index (χ2n) is 5.34. The fraction of sp³-hybridized carbons (Fsp3) is 0.278. The maximum atomic E-state index is 11.5. The first-order chi connectivity index (χ1) is 10.6. The Morgan fingerprint density at radius 1 is 1.18 bits per heavy atom. The lowest BCUT2D eigenvalue weighted by atomic mass is 9.89. The van der Waals surface area contributed by atoms with Gasteiger partial charge in [0, 0.05) is 18.3 Å². The van der Waals surface area contributed by atoms with Gasteiger partial charge in [-0.05, 0) is 43.2 Å². The molecule has 0 spiro atoms. The first kappa shape index (κ1) is 14.4. The number of carbonyl (C=O) groups excluding carboxylic acids is 1. The summed E-state index contributed by atoms with van der Waals surface area (Å²) in [5.74, 6) is 0.511. The van der Waals surface area contributed by atoms with Crippen molar-refractivity contribution in [1.29, 1.82) is 0 Å². The number of nitrogens with zero attached hydrogens (tertiary/aromatic N) is 1. The molecule has 114 valence electrons. The molecule has 0 saturated carbocycles. The molecule has 0 aromatic heterocycles. The second-order valence-corrected chi connectivity index (χ2v) is 5.34. The van der Waals surface area contributed by atoms with Gasteiger partial charge >= 0.3 is 6.16 Å². The van der Waals surface area contributed by atoms with Crippen LogP contribution < -0.4 is 9.64 Å². The molecule has 1 unspecified atom stereocenters. The molecular formula is C18H19NO3. The number of hydrogen-bond acceptors (Lipinski definition) is 4. The molecule has 1 atom stereocenters. The minimum absolute atomic E-state index is 0.204. The van der Waals surface area contributed by atoms with E-state index in [1.807, 2.05) is 30.3 Å². The zero-order valence-electron chi connectivity index (χ0n) is 13.0. The third-order valence-electron chi connectivity index (χ3n) is 4.09. The van der Waals surface area contributed by atoms with Crippen molar-refractivity contribution in [3.63, 3.8) is 0 Å². The van der Waals surface area contributed by atoms with Gasteiger partial charge in [-0.1, -0.05) is 24.3 Å². The maximum Gasteiger partial charge on any atom is 0.513 e. The Balaban J connectivity index is 2.01. The molecule has 0 aliphatic carbocycles. The lowest BCUT2D eigenvalue weighted by Crippen LogP contribution is -2.26. The Morgan fingerprint density at radius 2 is 1.95 bits per heavy atom. The van der Waals surface area contributed by atoms with Crippen LogP contribution in [0.2, 0.25) is 0 Å². The van der Waals surface area contributed by atoms with Crippen LogP contribution in [0.1, 0.15) is 25.5 Å². The average molecular weight is 297 g/mol. The van der Waals surface area contributed by atoms with E-state index in [4.69, 9.17) is 9.47 Å². The smallest absolute Gasteiger partial charge is 0.434 e. The third-order valence-corrected chi connectivity index (χ3v) is 4.09. The summed E-state index contributed by atoms with van der Waals surface area (Å²) in [6.07, 6.45) is -0.667. The van der Waals surface area contributed by atoms with Gasteiger partial charge in [-0.15, -0.1) is 0 Å². The highest BCUT2D eigenvalue weighted by molar-refractivity contribution is 5.85. The van der Waals surface area contributed by atoms with Gasteiger partial charge in [-0.3, -0.25) is 0 Å². The molecule has 0 bridgehead atoms. The SMILES string of the molecule is CCOC(=O)Oc1ccc2c(c1)C(C)N(C)c1ccccc1-2. The number of fused-ring (bicyclic) bond motifs is 3.